The number of nitrogens with zero attached hydrogens (tertiary/aromatic N) is 2. The average Bonchev–Trinajstić information content (AvgIpc) is 2.92. The van der Waals surface area contributed by atoms with Crippen LogP contribution in [0.4, 0.5) is 0 Å². The van der Waals surface area contributed by atoms with Gasteiger partial charge in [0.2, 0.25) is 0 Å². The molecule has 0 fully saturated rings. The van der Waals surface area contributed by atoms with Crippen molar-refractivity contribution < 1.29 is 14.4 Å². The molecule has 5 nitrogen and oxygen atoms in total. The van der Waals surface area contributed by atoms with Crippen molar-refractivity contribution in [3.63, 3.8) is 0 Å². The predicted octanol–water partition coefficient (Wildman–Crippen LogP) is 1.82. The Labute approximate surface area is 110 Å². The van der Waals surface area contributed by atoms with Crippen LogP contribution in [0.5, 0.6) is 0 Å². The van der Waals surface area contributed by atoms with Gasteiger partial charge in [0.15, 0.2) is 5.76 Å². The molecule has 3 rings (SSSR count). The number of benzene rings is 1. The van der Waals surface area contributed by atoms with Crippen LogP contribution in [-0.2, 0) is 30.8 Å². The van der Waals surface area contributed by atoms with E-state index in [0.717, 1.165) is 17.9 Å². The van der Waals surface area contributed by atoms with E-state index in [-0.39, 0.29) is 6.42 Å². The van der Waals surface area contributed by atoms with E-state index in [0.29, 0.717) is 18.8 Å². The molecule has 0 radical (unpaired) electrons. The minimum absolute atomic E-state index is 0.0714. The molecule has 0 bridgehead atoms. The molecule has 0 saturated carbocycles. The third-order valence-electron chi connectivity index (χ3n) is 3.27. The van der Waals surface area contributed by atoms with Crippen molar-refractivity contribution in [3.8, 4) is 0 Å². The molecular formula is C14H14N2O3. The lowest BCUT2D eigenvalue weighted by molar-refractivity contribution is -0.136. The summed E-state index contributed by atoms with van der Waals surface area (Å²) in [4.78, 5) is 13.0. The van der Waals surface area contributed by atoms with Gasteiger partial charge in [0.05, 0.1) is 18.7 Å². The highest BCUT2D eigenvalue weighted by Crippen LogP contribution is 2.27. The number of carboxylic acids is 1. The first-order valence-corrected chi connectivity index (χ1v) is 6.17. The summed E-state index contributed by atoms with van der Waals surface area (Å²) in [6.45, 7) is 2.23. The van der Waals surface area contributed by atoms with Crippen molar-refractivity contribution in [3.05, 3.63) is 52.9 Å². The van der Waals surface area contributed by atoms with Gasteiger partial charge in [-0.15, -0.1) is 0 Å². The summed E-state index contributed by atoms with van der Waals surface area (Å²) in [5.41, 5.74) is 2.73. The van der Waals surface area contributed by atoms with Crippen LogP contribution in [0, 0.1) is 0 Å². The zero-order chi connectivity index (χ0) is 13.2. The second-order valence-corrected chi connectivity index (χ2v) is 4.73. The predicted molar refractivity (Wildman–Crippen MR) is 67.2 cm³/mol. The highest BCUT2D eigenvalue weighted by molar-refractivity contribution is 5.70. The maximum absolute atomic E-state index is 10.7. The van der Waals surface area contributed by atoms with Crippen LogP contribution in [0.1, 0.15) is 22.6 Å². The fraction of sp³-hybridized carbons (Fsp3) is 0.286. The quantitative estimate of drug-likeness (QED) is 0.906. The molecule has 0 amide bonds. The van der Waals surface area contributed by atoms with Crippen molar-refractivity contribution in [2.24, 2.45) is 0 Å². The highest BCUT2D eigenvalue weighted by Gasteiger charge is 2.27. The first-order chi connectivity index (χ1) is 9.22. The molecule has 0 atom stereocenters. The Kier molecular flexibility index (Phi) is 3.05. The molecule has 0 spiro atoms. The van der Waals surface area contributed by atoms with Crippen LogP contribution in [-0.4, -0.2) is 21.1 Å². The van der Waals surface area contributed by atoms with Gasteiger partial charge in [-0.1, -0.05) is 35.5 Å². The molecule has 2 heterocycles. The van der Waals surface area contributed by atoms with E-state index in [1.165, 1.54) is 5.56 Å². The summed E-state index contributed by atoms with van der Waals surface area (Å²) in [6, 6.07) is 10.2. The summed E-state index contributed by atoms with van der Waals surface area (Å²) in [6.07, 6.45) is -0.0714. The lowest BCUT2D eigenvalue weighted by Crippen LogP contribution is -2.16. The van der Waals surface area contributed by atoms with Gasteiger partial charge in [-0.3, -0.25) is 9.69 Å². The fourth-order valence-electron chi connectivity index (χ4n) is 2.40. The summed E-state index contributed by atoms with van der Waals surface area (Å²) < 4.78 is 5.22. The lowest BCUT2D eigenvalue weighted by Gasteiger charge is -2.14. The van der Waals surface area contributed by atoms with Crippen molar-refractivity contribution in [2.75, 3.05) is 0 Å². The molecule has 0 aliphatic carbocycles. The first kappa shape index (κ1) is 11.9. The van der Waals surface area contributed by atoms with Gasteiger partial charge in [0.1, 0.15) is 0 Å². The number of rotatable bonds is 4. The minimum atomic E-state index is -0.877. The van der Waals surface area contributed by atoms with Crippen molar-refractivity contribution in [1.29, 1.82) is 0 Å². The number of carbonyl (C=O) groups is 1. The Balaban J connectivity index is 1.71. The largest absolute Gasteiger partial charge is 0.481 e. The number of aromatic nitrogens is 1. The van der Waals surface area contributed by atoms with Crippen LogP contribution in [0.2, 0.25) is 0 Å². The molecule has 2 aromatic rings. The average molecular weight is 258 g/mol. The zero-order valence-electron chi connectivity index (χ0n) is 10.4. The Morgan fingerprint density at radius 2 is 2.11 bits per heavy atom. The van der Waals surface area contributed by atoms with E-state index in [9.17, 15) is 4.79 Å². The van der Waals surface area contributed by atoms with Gasteiger partial charge in [-0.25, -0.2) is 0 Å². The van der Waals surface area contributed by atoms with Gasteiger partial charge < -0.3 is 9.63 Å². The molecule has 1 aliphatic rings. The second-order valence-electron chi connectivity index (χ2n) is 4.73. The molecule has 1 aromatic heterocycles. The maximum Gasteiger partial charge on any atom is 0.309 e. The molecule has 1 N–H and O–H groups in total. The van der Waals surface area contributed by atoms with Crippen molar-refractivity contribution in [1.82, 2.24) is 10.1 Å². The van der Waals surface area contributed by atoms with Crippen LogP contribution < -0.4 is 0 Å². The second kappa shape index (κ2) is 4.85. The third-order valence-corrected chi connectivity index (χ3v) is 3.27. The van der Waals surface area contributed by atoms with Gasteiger partial charge in [0.25, 0.3) is 0 Å². The smallest absolute Gasteiger partial charge is 0.309 e. The molecule has 0 unspecified atom stereocenters. The zero-order valence-corrected chi connectivity index (χ0v) is 10.4. The van der Waals surface area contributed by atoms with E-state index in [1.54, 1.807) is 0 Å². The molecule has 19 heavy (non-hydrogen) atoms. The Morgan fingerprint density at radius 1 is 1.32 bits per heavy atom. The van der Waals surface area contributed by atoms with Crippen LogP contribution in [0.3, 0.4) is 0 Å². The SMILES string of the molecule is O=C(O)Cc1noc2c1CN(Cc1ccccc1)C2. The molecule has 1 aliphatic heterocycles. The molecule has 0 saturated heterocycles. The number of aliphatic carboxylic acids is 1. The Morgan fingerprint density at radius 3 is 2.84 bits per heavy atom. The number of fused-ring (bicyclic) bond motifs is 1. The summed E-state index contributed by atoms with van der Waals surface area (Å²) in [5, 5.41) is 12.7. The van der Waals surface area contributed by atoms with Crippen LogP contribution in [0.15, 0.2) is 34.9 Å². The van der Waals surface area contributed by atoms with Gasteiger partial charge in [-0.05, 0) is 5.56 Å². The Hall–Kier alpha value is -2.14. The minimum Gasteiger partial charge on any atom is -0.481 e. The van der Waals surface area contributed by atoms with Crippen molar-refractivity contribution >= 4 is 5.97 Å². The van der Waals surface area contributed by atoms with E-state index in [1.807, 2.05) is 18.2 Å². The van der Waals surface area contributed by atoms with Crippen LogP contribution in [0.25, 0.3) is 0 Å². The number of hydrogen-bond acceptors (Lipinski definition) is 4. The van der Waals surface area contributed by atoms with E-state index in [4.69, 9.17) is 9.63 Å². The molecule has 5 heteroatoms. The maximum atomic E-state index is 10.7. The standard InChI is InChI=1S/C14H14N2O3/c17-14(18)6-12-11-8-16(9-13(11)19-15-12)7-10-4-2-1-3-5-10/h1-5H,6-9H2,(H,17,18). The molecule has 98 valence electrons. The highest BCUT2D eigenvalue weighted by atomic mass is 16.5. The number of carboxylic acid groups (broad SMARTS) is 1. The van der Waals surface area contributed by atoms with Crippen molar-refractivity contribution in [2.45, 2.75) is 26.1 Å². The van der Waals surface area contributed by atoms with E-state index >= 15 is 0 Å². The number of hydrogen-bond donors (Lipinski definition) is 1. The summed E-state index contributed by atoms with van der Waals surface area (Å²) >= 11 is 0. The third kappa shape index (κ3) is 2.51. The van der Waals surface area contributed by atoms with Gasteiger partial charge >= 0.3 is 5.97 Å². The van der Waals surface area contributed by atoms with Gasteiger partial charge in [-0.2, -0.15) is 0 Å². The van der Waals surface area contributed by atoms with Gasteiger partial charge in [0, 0.05) is 18.7 Å². The Bertz CT molecular complexity index is 592. The summed E-state index contributed by atoms with van der Waals surface area (Å²) in [7, 11) is 0. The molecular weight excluding hydrogens is 244 g/mol. The lowest BCUT2D eigenvalue weighted by atomic mass is 10.2. The fourth-order valence-corrected chi connectivity index (χ4v) is 2.40. The van der Waals surface area contributed by atoms with Crippen LogP contribution >= 0.6 is 0 Å². The van der Waals surface area contributed by atoms with E-state index in [2.05, 4.69) is 22.2 Å². The van der Waals surface area contributed by atoms with E-state index < -0.39 is 5.97 Å². The topological polar surface area (TPSA) is 66.6 Å². The molecule has 1 aromatic carbocycles. The normalized spacial score (nSPS) is 14.5. The first-order valence-electron chi connectivity index (χ1n) is 6.17. The summed E-state index contributed by atoms with van der Waals surface area (Å²) in [5.74, 6) is -0.0789. The monoisotopic (exact) mass is 258 g/mol.